The summed E-state index contributed by atoms with van der Waals surface area (Å²) in [5.41, 5.74) is 0. The van der Waals surface area contributed by atoms with E-state index in [1.165, 1.54) is 6.92 Å². The Morgan fingerprint density at radius 2 is 2.15 bits per heavy atom. The van der Waals surface area contributed by atoms with Gasteiger partial charge in [0.05, 0.1) is 25.3 Å². The molecule has 0 spiro atoms. The van der Waals surface area contributed by atoms with Crippen molar-refractivity contribution in [1.82, 2.24) is 15.5 Å². The first-order chi connectivity index (χ1) is 9.40. The van der Waals surface area contributed by atoms with Gasteiger partial charge in [0.15, 0.2) is 5.78 Å². The van der Waals surface area contributed by atoms with Crippen molar-refractivity contribution in [3.8, 4) is 0 Å². The number of likely N-dealkylation sites (N-methyl/N-ethyl adjacent to an activating group) is 1. The highest BCUT2D eigenvalue weighted by Gasteiger charge is 2.22. The van der Waals surface area contributed by atoms with E-state index in [-0.39, 0.29) is 30.3 Å². The third-order valence-electron chi connectivity index (χ3n) is 3.35. The molecule has 0 bridgehead atoms. The maximum atomic E-state index is 12.0. The van der Waals surface area contributed by atoms with Crippen LogP contribution in [0.3, 0.4) is 0 Å². The van der Waals surface area contributed by atoms with E-state index in [4.69, 9.17) is 4.74 Å². The number of ether oxygens (including phenoxy) is 1. The van der Waals surface area contributed by atoms with Crippen molar-refractivity contribution in [3.05, 3.63) is 0 Å². The fraction of sp³-hybridized carbons (Fsp3) is 0.857. The van der Waals surface area contributed by atoms with Gasteiger partial charge in [-0.3, -0.25) is 14.5 Å². The molecule has 1 aliphatic rings. The third kappa shape index (κ3) is 5.98. The zero-order chi connectivity index (χ0) is 15.1. The van der Waals surface area contributed by atoms with Crippen LogP contribution in [0.15, 0.2) is 0 Å². The van der Waals surface area contributed by atoms with Crippen molar-refractivity contribution in [2.24, 2.45) is 5.92 Å². The van der Waals surface area contributed by atoms with E-state index in [0.29, 0.717) is 13.2 Å². The molecule has 2 N–H and O–H groups in total. The van der Waals surface area contributed by atoms with Gasteiger partial charge in [0.2, 0.25) is 5.91 Å². The standard InChI is InChI=1S/C14H27N3O3/c1-10(2)14(11(3)18)16-13(19)9-17(4)8-12-7-15-5-6-20-12/h10,12,14-15H,5-9H2,1-4H3,(H,16,19). The molecule has 1 rings (SSSR count). The van der Waals surface area contributed by atoms with E-state index < -0.39 is 6.04 Å². The van der Waals surface area contributed by atoms with E-state index in [2.05, 4.69) is 10.6 Å². The second-order valence-corrected chi connectivity index (χ2v) is 5.79. The first kappa shape index (κ1) is 17.1. The highest BCUT2D eigenvalue weighted by molar-refractivity contribution is 5.88. The first-order valence-corrected chi connectivity index (χ1v) is 7.20. The fourth-order valence-electron chi connectivity index (χ4n) is 2.35. The molecular weight excluding hydrogens is 258 g/mol. The number of hydrogen-bond acceptors (Lipinski definition) is 5. The van der Waals surface area contributed by atoms with Gasteiger partial charge in [0, 0.05) is 19.6 Å². The summed E-state index contributed by atoms with van der Waals surface area (Å²) in [7, 11) is 1.88. The van der Waals surface area contributed by atoms with Gasteiger partial charge in [0.1, 0.15) is 0 Å². The maximum absolute atomic E-state index is 12.0. The number of morpholine rings is 1. The van der Waals surface area contributed by atoms with Crippen LogP contribution in [-0.4, -0.2) is 68.6 Å². The highest BCUT2D eigenvalue weighted by Crippen LogP contribution is 2.03. The highest BCUT2D eigenvalue weighted by atomic mass is 16.5. The lowest BCUT2D eigenvalue weighted by Crippen LogP contribution is -2.49. The first-order valence-electron chi connectivity index (χ1n) is 7.20. The van der Waals surface area contributed by atoms with E-state index in [1.54, 1.807) is 0 Å². The molecule has 2 atom stereocenters. The lowest BCUT2D eigenvalue weighted by atomic mass is 10.0. The van der Waals surface area contributed by atoms with E-state index in [1.807, 2.05) is 25.8 Å². The van der Waals surface area contributed by atoms with Crippen LogP contribution in [0.25, 0.3) is 0 Å². The van der Waals surface area contributed by atoms with Gasteiger partial charge in [-0.05, 0) is 19.9 Å². The zero-order valence-corrected chi connectivity index (χ0v) is 12.9. The average molecular weight is 285 g/mol. The molecule has 0 aromatic carbocycles. The van der Waals surface area contributed by atoms with Gasteiger partial charge in [0.25, 0.3) is 0 Å². The van der Waals surface area contributed by atoms with Gasteiger partial charge < -0.3 is 15.4 Å². The van der Waals surface area contributed by atoms with Crippen molar-refractivity contribution in [1.29, 1.82) is 0 Å². The van der Waals surface area contributed by atoms with Gasteiger partial charge >= 0.3 is 0 Å². The molecule has 0 radical (unpaired) electrons. The van der Waals surface area contributed by atoms with Gasteiger partial charge in [-0.15, -0.1) is 0 Å². The third-order valence-corrected chi connectivity index (χ3v) is 3.35. The Labute approximate surface area is 121 Å². The monoisotopic (exact) mass is 285 g/mol. The molecule has 116 valence electrons. The number of nitrogens with zero attached hydrogens (tertiary/aromatic N) is 1. The SMILES string of the molecule is CC(=O)C(NC(=O)CN(C)CC1CNCCO1)C(C)C. The molecule has 20 heavy (non-hydrogen) atoms. The summed E-state index contributed by atoms with van der Waals surface area (Å²) in [5.74, 6) is -0.0198. The summed E-state index contributed by atoms with van der Waals surface area (Å²) in [6, 6.07) is -0.400. The predicted octanol–water partition coefficient (Wildman–Crippen LogP) is -0.364. The molecule has 0 saturated carbocycles. The number of amides is 1. The summed E-state index contributed by atoms with van der Waals surface area (Å²) in [5, 5.41) is 6.06. The van der Waals surface area contributed by atoms with Crippen LogP contribution in [-0.2, 0) is 14.3 Å². The molecule has 1 heterocycles. The summed E-state index contributed by atoms with van der Waals surface area (Å²) in [4.78, 5) is 25.3. The molecule has 2 unspecified atom stereocenters. The number of ketones is 1. The van der Waals surface area contributed by atoms with Crippen molar-refractivity contribution in [2.75, 3.05) is 39.8 Å². The summed E-state index contributed by atoms with van der Waals surface area (Å²) in [6.45, 7) is 8.75. The Hall–Kier alpha value is -0.980. The molecule has 0 aromatic heterocycles. The maximum Gasteiger partial charge on any atom is 0.234 e. The minimum atomic E-state index is -0.400. The second kappa shape index (κ2) is 8.34. The van der Waals surface area contributed by atoms with Gasteiger partial charge in [-0.2, -0.15) is 0 Å². The molecule has 1 saturated heterocycles. The number of nitrogens with one attached hydrogen (secondary N) is 2. The molecule has 6 heteroatoms. The van der Waals surface area contributed by atoms with Crippen molar-refractivity contribution < 1.29 is 14.3 Å². The van der Waals surface area contributed by atoms with Gasteiger partial charge in [-0.25, -0.2) is 0 Å². The quantitative estimate of drug-likeness (QED) is 0.668. The predicted molar refractivity (Wildman–Crippen MR) is 77.6 cm³/mol. The summed E-state index contributed by atoms with van der Waals surface area (Å²) >= 11 is 0. The van der Waals surface area contributed by atoms with Crippen LogP contribution in [0, 0.1) is 5.92 Å². The number of rotatable bonds is 7. The van der Waals surface area contributed by atoms with Crippen molar-refractivity contribution in [3.63, 3.8) is 0 Å². The molecule has 0 aliphatic carbocycles. The van der Waals surface area contributed by atoms with Crippen LogP contribution in [0.2, 0.25) is 0 Å². The van der Waals surface area contributed by atoms with Gasteiger partial charge in [-0.1, -0.05) is 13.8 Å². The topological polar surface area (TPSA) is 70.7 Å². The lowest BCUT2D eigenvalue weighted by molar-refractivity contribution is -0.128. The number of carbonyl (C=O) groups is 2. The Morgan fingerprint density at radius 1 is 1.45 bits per heavy atom. The largest absolute Gasteiger partial charge is 0.374 e. The Bertz CT molecular complexity index is 328. The fourth-order valence-corrected chi connectivity index (χ4v) is 2.35. The van der Waals surface area contributed by atoms with Crippen LogP contribution in [0.4, 0.5) is 0 Å². The normalized spacial score (nSPS) is 21.0. The summed E-state index contributed by atoms with van der Waals surface area (Å²) < 4.78 is 5.60. The van der Waals surface area contributed by atoms with E-state index >= 15 is 0 Å². The zero-order valence-electron chi connectivity index (χ0n) is 12.9. The van der Waals surface area contributed by atoms with E-state index in [9.17, 15) is 9.59 Å². The number of carbonyl (C=O) groups excluding carboxylic acids is 2. The van der Waals surface area contributed by atoms with Crippen LogP contribution in [0.5, 0.6) is 0 Å². The van der Waals surface area contributed by atoms with Crippen LogP contribution in [0.1, 0.15) is 20.8 Å². The Morgan fingerprint density at radius 3 is 2.65 bits per heavy atom. The molecule has 1 fully saturated rings. The Kier molecular flexibility index (Phi) is 7.12. The van der Waals surface area contributed by atoms with E-state index in [0.717, 1.165) is 13.1 Å². The number of hydrogen-bond donors (Lipinski definition) is 2. The lowest BCUT2D eigenvalue weighted by Gasteiger charge is -2.28. The molecule has 1 aliphatic heterocycles. The van der Waals surface area contributed by atoms with Crippen molar-refractivity contribution >= 4 is 11.7 Å². The van der Waals surface area contributed by atoms with Crippen LogP contribution >= 0.6 is 0 Å². The average Bonchev–Trinajstić information content (AvgIpc) is 2.36. The van der Waals surface area contributed by atoms with Crippen LogP contribution < -0.4 is 10.6 Å². The molecule has 1 amide bonds. The molecule has 0 aromatic rings. The second-order valence-electron chi connectivity index (χ2n) is 5.79. The molecule has 6 nitrogen and oxygen atoms in total. The smallest absolute Gasteiger partial charge is 0.234 e. The van der Waals surface area contributed by atoms with Crippen molar-refractivity contribution in [2.45, 2.75) is 32.9 Å². The molecular formula is C14H27N3O3. The summed E-state index contributed by atoms with van der Waals surface area (Å²) in [6.07, 6.45) is 0.121. The number of Topliss-reactive ketones (excluding diaryl/α,β-unsaturated/α-hetero) is 1. The Balaban J connectivity index is 2.34. The minimum Gasteiger partial charge on any atom is -0.374 e. The minimum absolute atomic E-state index is 0.00387.